The molecule has 0 atom stereocenters. The SMILES string of the molecule is Cc1cc(OCCCc2c(C(=O)NS(=O)(=O)c3ccccc3)[nH]c3c(-c4cnn(C)c4)c(Cl)ccc23)cc(C)c1Cl.Cc1cc(OCCCc2c(C(=O)NS(C)(=O)=O)[nH]c3c(C)c(Cl)ccc23)cc(C)c1Cl.Cc1ccc2c(CCCOc3cccc4ccccc34)c(C(=O)NS(C)(=O)=O)[nH]c2c1. The number of aryl methyl sites for hydroxylation is 10. The first-order valence-corrected chi connectivity index (χ1v) is 39.4. The molecule has 0 unspecified atom stereocenters. The summed E-state index contributed by atoms with van der Waals surface area (Å²) in [5.41, 5.74) is 12.0. The average Bonchev–Trinajstić information content (AvgIpc) is 1.62. The maximum atomic E-state index is 13.5. The minimum Gasteiger partial charge on any atom is -0.494 e. The first-order valence-electron chi connectivity index (χ1n) is 32.6. The standard InChI is InChI=1S/C30H28Cl2N4O4S.C24H24N2O4S.C22H24Cl2N2O4S/c1-18-14-21(15-19(2)27(18)32)40-13-7-10-23-24-11-12-25(31)26(20-16-33-36(3)17-20)28(24)34-29(23)30(37)35-41(38,39)22-8-5-4-6-9-22;1-16-12-13-19-20(23(25-21(19)15-16)24(27)26-31(2,28)29)10-6-14-30-22-11-5-8-17-7-3-4-9-18(17)22;1-12-10-15(11-13(2)19(12)24)30-9-5-6-16-17-7-8-18(23)14(3)20(17)25-21(16)22(27)26-31(4,28)29/h4-6,8-9,11-12,14-17,34H,7,10,13H2,1-3H3,(H,35,37);3-5,7-9,11-13,15,25H,6,10,14H2,1-2H3,(H,26,27);7-8,10-11,25H,5-6,9H2,1-4H3,(H,26,27). The van der Waals surface area contributed by atoms with Gasteiger partial charge in [0, 0.05) is 66.5 Å². The van der Waals surface area contributed by atoms with Crippen LogP contribution in [0.2, 0.25) is 20.1 Å². The zero-order chi connectivity index (χ0) is 74.2. The summed E-state index contributed by atoms with van der Waals surface area (Å²) in [6.45, 7) is 12.8. The van der Waals surface area contributed by atoms with Crippen LogP contribution in [0.25, 0.3) is 54.6 Å². The number of carbonyl (C=O) groups is 3. The molecule has 0 aliphatic rings. The number of benzene rings is 8. The normalized spacial score (nSPS) is 11.7. The second kappa shape index (κ2) is 32.6. The number of nitrogens with one attached hydrogen (secondary N) is 6. The number of carbonyl (C=O) groups excluding carboxylic acids is 3. The van der Waals surface area contributed by atoms with Gasteiger partial charge in [-0.2, -0.15) is 5.10 Å². The summed E-state index contributed by atoms with van der Waals surface area (Å²) in [5, 5.41) is 11.4. The van der Waals surface area contributed by atoms with Gasteiger partial charge < -0.3 is 29.2 Å². The molecule has 538 valence electrons. The molecule has 12 aromatic rings. The van der Waals surface area contributed by atoms with Crippen LogP contribution in [0, 0.1) is 41.5 Å². The van der Waals surface area contributed by atoms with Gasteiger partial charge in [-0.05, 0) is 196 Å². The number of H-pyrrole nitrogens is 3. The highest BCUT2D eigenvalue weighted by molar-refractivity contribution is 7.90. The number of fused-ring (bicyclic) bond motifs is 4. The van der Waals surface area contributed by atoms with Crippen LogP contribution in [0.5, 0.6) is 17.2 Å². The Kier molecular flexibility index (Phi) is 24.1. The molecule has 6 N–H and O–H groups in total. The lowest BCUT2D eigenvalue weighted by molar-refractivity contribution is 0.0967. The van der Waals surface area contributed by atoms with Crippen LogP contribution in [0.4, 0.5) is 0 Å². The van der Waals surface area contributed by atoms with Crippen LogP contribution in [0.1, 0.15) is 101 Å². The van der Waals surface area contributed by atoms with E-state index < -0.39 is 47.8 Å². The van der Waals surface area contributed by atoms with Gasteiger partial charge in [0.1, 0.15) is 34.3 Å². The molecule has 4 aromatic heterocycles. The summed E-state index contributed by atoms with van der Waals surface area (Å²) in [6.07, 6.45) is 8.79. The molecule has 0 radical (unpaired) electrons. The third kappa shape index (κ3) is 18.7. The average molecular weight is 1530 g/mol. The highest BCUT2D eigenvalue weighted by atomic mass is 35.5. The van der Waals surface area contributed by atoms with Gasteiger partial charge in [0.15, 0.2) is 0 Å². The second-order valence-electron chi connectivity index (χ2n) is 25.1. The monoisotopic (exact) mass is 1530 g/mol. The van der Waals surface area contributed by atoms with Gasteiger partial charge in [-0.3, -0.25) is 19.1 Å². The number of sulfonamides is 3. The molecule has 20 nitrogen and oxygen atoms in total. The van der Waals surface area contributed by atoms with Crippen LogP contribution >= 0.6 is 46.4 Å². The van der Waals surface area contributed by atoms with Crippen LogP contribution in [0.3, 0.4) is 0 Å². The van der Waals surface area contributed by atoms with E-state index in [0.717, 1.165) is 112 Å². The van der Waals surface area contributed by atoms with Gasteiger partial charge in [0.05, 0.1) is 59.5 Å². The molecular weight excluding hydrogens is 1450 g/mol. The maximum absolute atomic E-state index is 13.5. The number of hydrogen-bond donors (Lipinski definition) is 6. The summed E-state index contributed by atoms with van der Waals surface area (Å²) in [6, 6.07) is 42.4. The van der Waals surface area contributed by atoms with Crippen LogP contribution in [-0.2, 0) is 56.4 Å². The Balaban J connectivity index is 0.000000169. The largest absolute Gasteiger partial charge is 0.494 e. The number of halogens is 4. The Morgan fingerprint density at radius 3 is 1.50 bits per heavy atom. The summed E-state index contributed by atoms with van der Waals surface area (Å²) < 4.78 is 98.0. The molecule has 0 aliphatic heterocycles. The van der Waals surface area contributed by atoms with E-state index in [9.17, 15) is 39.6 Å². The Labute approximate surface area is 617 Å². The minimum absolute atomic E-state index is 0.00736. The number of ether oxygens (including phenoxy) is 3. The van der Waals surface area contributed by atoms with E-state index in [0.29, 0.717) is 101 Å². The first-order chi connectivity index (χ1) is 48.8. The zero-order valence-electron chi connectivity index (χ0n) is 57.8. The molecule has 12 rings (SSSR count). The molecule has 0 bridgehead atoms. The number of hydrogen-bond acceptors (Lipinski definition) is 13. The van der Waals surface area contributed by atoms with Gasteiger partial charge in [-0.15, -0.1) is 0 Å². The molecule has 8 aromatic carbocycles. The predicted octanol–water partition coefficient (Wildman–Crippen LogP) is 16.1. The molecule has 0 saturated heterocycles. The third-order valence-electron chi connectivity index (χ3n) is 17.0. The van der Waals surface area contributed by atoms with Crippen molar-refractivity contribution in [2.24, 2.45) is 7.05 Å². The zero-order valence-corrected chi connectivity index (χ0v) is 63.3. The smallest absolute Gasteiger partial charge is 0.281 e. The molecule has 27 heteroatoms. The van der Waals surface area contributed by atoms with Crippen molar-refractivity contribution < 1.29 is 53.8 Å². The fourth-order valence-electron chi connectivity index (χ4n) is 12.2. The Hall–Kier alpha value is -9.33. The van der Waals surface area contributed by atoms with E-state index in [4.69, 9.17) is 60.6 Å². The van der Waals surface area contributed by atoms with Gasteiger partial charge in [0.25, 0.3) is 27.7 Å². The Morgan fingerprint density at radius 1 is 0.495 bits per heavy atom. The van der Waals surface area contributed by atoms with Crippen molar-refractivity contribution in [1.82, 2.24) is 38.9 Å². The maximum Gasteiger partial charge on any atom is 0.281 e. The quantitative estimate of drug-likeness (QED) is 0.0325. The number of nitrogens with zero attached hydrogens (tertiary/aromatic N) is 2. The minimum atomic E-state index is -4.10. The molecule has 3 amide bonds. The van der Waals surface area contributed by atoms with E-state index in [1.165, 1.54) is 12.1 Å². The first kappa shape index (κ1) is 76.3. The van der Waals surface area contributed by atoms with E-state index in [2.05, 4.69) is 29.5 Å². The van der Waals surface area contributed by atoms with E-state index in [1.807, 2.05) is 150 Å². The third-order valence-corrected chi connectivity index (χ3v) is 21.3. The number of aromatic nitrogens is 5. The lowest BCUT2D eigenvalue weighted by atomic mass is 10.0. The van der Waals surface area contributed by atoms with Gasteiger partial charge >= 0.3 is 0 Å². The van der Waals surface area contributed by atoms with Gasteiger partial charge in [0.2, 0.25) is 20.0 Å². The summed E-state index contributed by atoms with van der Waals surface area (Å²) in [7, 11) is -9.65. The topological polar surface area (TPSA) is 283 Å². The van der Waals surface area contributed by atoms with Crippen LogP contribution in [0.15, 0.2) is 157 Å². The molecule has 0 aliphatic carbocycles. The van der Waals surface area contributed by atoms with Crippen molar-refractivity contribution in [3.63, 3.8) is 0 Å². The van der Waals surface area contributed by atoms with Crippen molar-refractivity contribution in [1.29, 1.82) is 0 Å². The second-order valence-corrected chi connectivity index (χ2v) is 31.8. The van der Waals surface area contributed by atoms with Crippen molar-refractivity contribution >= 4 is 138 Å². The molecule has 103 heavy (non-hydrogen) atoms. The summed E-state index contributed by atoms with van der Waals surface area (Å²) in [4.78, 5) is 48.0. The van der Waals surface area contributed by atoms with Crippen LogP contribution < -0.4 is 28.4 Å². The highest BCUT2D eigenvalue weighted by Gasteiger charge is 2.27. The Bertz CT molecular complexity index is 5530. The number of amides is 3. The van der Waals surface area contributed by atoms with Crippen molar-refractivity contribution in [3.8, 4) is 28.4 Å². The van der Waals surface area contributed by atoms with Crippen molar-refractivity contribution in [2.75, 3.05) is 32.3 Å². The molecule has 4 heterocycles. The number of rotatable bonds is 23. The van der Waals surface area contributed by atoms with Crippen molar-refractivity contribution in [3.05, 3.63) is 239 Å². The van der Waals surface area contributed by atoms with Gasteiger partial charge in [-0.1, -0.05) is 125 Å². The lowest BCUT2D eigenvalue weighted by Crippen LogP contribution is -2.31. The number of aromatic amines is 3. The molecular formula is C76H76Cl4N8O12S3. The van der Waals surface area contributed by atoms with Crippen LogP contribution in [-0.4, -0.2) is 100 Å². The van der Waals surface area contributed by atoms with E-state index in [1.54, 1.807) is 48.3 Å². The predicted molar refractivity (Wildman–Crippen MR) is 410 cm³/mol. The summed E-state index contributed by atoms with van der Waals surface area (Å²) in [5.74, 6) is 0.146. The molecule has 0 fully saturated rings. The molecule has 0 saturated carbocycles. The fourth-order valence-corrected chi connectivity index (χ4v) is 14.7. The van der Waals surface area contributed by atoms with E-state index in [-0.39, 0.29) is 22.0 Å². The Morgan fingerprint density at radius 2 is 0.961 bits per heavy atom. The van der Waals surface area contributed by atoms with E-state index >= 15 is 0 Å². The van der Waals surface area contributed by atoms with Crippen molar-refractivity contribution in [2.45, 2.75) is 85.0 Å². The molecule has 0 spiro atoms. The van der Waals surface area contributed by atoms with Gasteiger partial charge in [-0.25, -0.2) is 39.4 Å². The lowest BCUT2D eigenvalue weighted by Gasteiger charge is -2.11. The summed E-state index contributed by atoms with van der Waals surface area (Å²) >= 11 is 25.3. The fraction of sp³-hybridized carbons (Fsp3) is 0.237. The highest BCUT2D eigenvalue weighted by Crippen LogP contribution is 2.39.